The van der Waals surface area contributed by atoms with Gasteiger partial charge < -0.3 is 5.32 Å². The third kappa shape index (κ3) is 2.12. The van der Waals surface area contributed by atoms with Crippen LogP contribution in [0.5, 0.6) is 0 Å². The first-order valence-corrected chi connectivity index (χ1v) is 11.0. The fourth-order valence-corrected chi connectivity index (χ4v) is 6.11. The number of fused-ring (bicyclic) bond motifs is 7. The maximum absolute atomic E-state index is 14.1. The fraction of sp³-hybridized carbons (Fsp3) is 0.296. The average molecular weight is 408 g/mol. The van der Waals surface area contributed by atoms with Crippen LogP contribution >= 0.6 is 0 Å². The van der Waals surface area contributed by atoms with Crippen molar-refractivity contribution in [1.82, 2.24) is 9.97 Å². The first-order chi connectivity index (χ1) is 14.9. The van der Waals surface area contributed by atoms with Crippen molar-refractivity contribution in [3.63, 3.8) is 0 Å². The van der Waals surface area contributed by atoms with Crippen LogP contribution in [0.4, 0.5) is 5.69 Å². The highest BCUT2D eigenvalue weighted by atomic mass is 16.2. The van der Waals surface area contributed by atoms with Crippen LogP contribution in [0, 0.1) is 5.41 Å². The topological polar surface area (TPSA) is 54.9 Å². The second kappa shape index (κ2) is 5.91. The second-order valence-corrected chi connectivity index (χ2v) is 9.75. The molecule has 2 atom stereocenters. The molecule has 0 unspecified atom stereocenters. The molecule has 2 bridgehead atoms. The van der Waals surface area contributed by atoms with Gasteiger partial charge in [0.1, 0.15) is 0 Å². The van der Waals surface area contributed by atoms with Crippen molar-refractivity contribution >= 4 is 33.4 Å². The lowest BCUT2D eigenvalue weighted by molar-refractivity contribution is -0.125. The van der Waals surface area contributed by atoms with E-state index in [1.54, 1.807) is 0 Å². The number of hydrogen-bond donors (Lipinski definition) is 1. The smallest absolute Gasteiger partial charge is 0.237 e. The summed E-state index contributed by atoms with van der Waals surface area (Å²) in [4.78, 5) is 24.2. The van der Waals surface area contributed by atoms with Gasteiger partial charge in [-0.2, -0.15) is 0 Å². The molecule has 4 aromatic rings. The highest BCUT2D eigenvalue weighted by molar-refractivity contribution is 6.07. The summed E-state index contributed by atoms with van der Waals surface area (Å²) in [5.74, 6) is 0.0286. The third-order valence-corrected chi connectivity index (χ3v) is 8.37. The van der Waals surface area contributed by atoms with Crippen LogP contribution in [0.2, 0.25) is 0 Å². The van der Waals surface area contributed by atoms with Crippen LogP contribution in [0.1, 0.15) is 45.0 Å². The summed E-state index contributed by atoms with van der Waals surface area (Å²) >= 11 is 0. The first kappa shape index (κ1) is 18.5. The largest absolute Gasteiger partial charge is 0.325 e. The van der Waals surface area contributed by atoms with Crippen molar-refractivity contribution in [3.8, 4) is 0 Å². The zero-order chi connectivity index (χ0) is 21.4. The van der Waals surface area contributed by atoms with Gasteiger partial charge in [-0.3, -0.25) is 4.79 Å². The van der Waals surface area contributed by atoms with E-state index in [-0.39, 0.29) is 16.7 Å². The van der Waals surface area contributed by atoms with E-state index in [4.69, 9.17) is 9.97 Å². The van der Waals surface area contributed by atoms with Crippen molar-refractivity contribution in [2.45, 2.75) is 44.4 Å². The van der Waals surface area contributed by atoms with Gasteiger partial charge in [0, 0.05) is 16.5 Å². The molecule has 31 heavy (non-hydrogen) atoms. The highest BCUT2D eigenvalue weighted by Gasteiger charge is 2.73. The lowest BCUT2D eigenvalue weighted by Crippen LogP contribution is -2.48. The molecule has 2 aliphatic rings. The summed E-state index contributed by atoms with van der Waals surface area (Å²) in [5, 5.41) is 5.47. The number of carbonyl (C=O) groups is 1. The highest BCUT2D eigenvalue weighted by Crippen LogP contribution is 2.70. The molecular formula is C27H25N3O. The summed E-state index contributed by atoms with van der Waals surface area (Å²) in [6, 6.07) is 22.2. The van der Waals surface area contributed by atoms with Crippen molar-refractivity contribution in [3.05, 3.63) is 78.1 Å². The minimum atomic E-state index is -0.703. The van der Waals surface area contributed by atoms with E-state index in [0.29, 0.717) is 0 Å². The Bertz CT molecular complexity index is 1390. The van der Waals surface area contributed by atoms with Crippen molar-refractivity contribution in [2.75, 3.05) is 5.32 Å². The molecule has 154 valence electrons. The predicted molar refractivity (Wildman–Crippen MR) is 124 cm³/mol. The minimum absolute atomic E-state index is 0.0286. The van der Waals surface area contributed by atoms with E-state index in [1.807, 2.05) is 48.5 Å². The van der Waals surface area contributed by atoms with E-state index < -0.39 is 5.41 Å². The summed E-state index contributed by atoms with van der Waals surface area (Å²) in [5.41, 5.74) is 3.28. The Morgan fingerprint density at radius 1 is 0.806 bits per heavy atom. The molecule has 6 rings (SSSR count). The van der Waals surface area contributed by atoms with E-state index in [1.165, 1.54) is 0 Å². The van der Waals surface area contributed by atoms with Crippen molar-refractivity contribution in [1.29, 1.82) is 0 Å². The average Bonchev–Trinajstić information content (AvgIpc) is 3.08. The summed E-state index contributed by atoms with van der Waals surface area (Å²) in [7, 11) is 0. The molecule has 0 saturated heterocycles. The van der Waals surface area contributed by atoms with E-state index in [2.05, 4.69) is 44.3 Å². The van der Waals surface area contributed by atoms with Crippen LogP contribution in [-0.4, -0.2) is 15.9 Å². The molecule has 1 saturated carbocycles. The van der Waals surface area contributed by atoms with Gasteiger partial charge in [-0.1, -0.05) is 69.3 Å². The van der Waals surface area contributed by atoms with Gasteiger partial charge >= 0.3 is 0 Å². The van der Waals surface area contributed by atoms with Gasteiger partial charge in [0.05, 0.1) is 27.8 Å². The van der Waals surface area contributed by atoms with E-state index in [0.717, 1.165) is 51.7 Å². The van der Waals surface area contributed by atoms with Crippen LogP contribution in [0.25, 0.3) is 21.8 Å². The van der Waals surface area contributed by atoms with Gasteiger partial charge in [-0.25, -0.2) is 9.97 Å². The fourth-order valence-electron chi connectivity index (χ4n) is 6.11. The van der Waals surface area contributed by atoms with Gasteiger partial charge in [-0.05, 0) is 41.8 Å². The lowest BCUT2D eigenvalue weighted by Gasteiger charge is -2.39. The number of nitrogens with one attached hydrogen (secondary N) is 1. The maximum atomic E-state index is 14.1. The van der Waals surface area contributed by atoms with Crippen LogP contribution in [0.15, 0.2) is 66.7 Å². The van der Waals surface area contributed by atoms with Crippen LogP contribution in [0.3, 0.4) is 0 Å². The number of aromatic nitrogens is 2. The molecular weight excluding hydrogens is 382 g/mol. The molecule has 4 heteroatoms. The normalized spacial score (nSPS) is 25.6. The number of amides is 1. The summed E-state index contributed by atoms with van der Waals surface area (Å²) in [6.07, 6.45) is 1.72. The number of anilines is 1. The monoisotopic (exact) mass is 407 g/mol. The summed E-state index contributed by atoms with van der Waals surface area (Å²) < 4.78 is 0. The van der Waals surface area contributed by atoms with Crippen LogP contribution in [-0.2, 0) is 15.6 Å². The maximum Gasteiger partial charge on any atom is 0.237 e. The standard InChI is InChI=1S/C27H25N3O/c1-25(2)26(3)15-16-27(25,23-22(26)28-20-12-6-7-13-21(20)29-23)24(31)30-19-14-8-10-17-9-4-5-11-18(17)19/h4-14H,15-16H2,1-3H3,(H,30,31)/t26-,27+/m1/s1. The lowest BCUT2D eigenvalue weighted by atomic mass is 9.63. The summed E-state index contributed by atoms with van der Waals surface area (Å²) in [6.45, 7) is 6.70. The molecule has 1 amide bonds. The van der Waals surface area contributed by atoms with Crippen molar-refractivity contribution < 1.29 is 4.79 Å². The number of nitrogens with zero attached hydrogens (tertiary/aromatic N) is 2. The van der Waals surface area contributed by atoms with Gasteiger partial charge in [-0.15, -0.1) is 0 Å². The predicted octanol–water partition coefficient (Wildman–Crippen LogP) is 5.75. The van der Waals surface area contributed by atoms with Crippen LogP contribution < -0.4 is 5.32 Å². The molecule has 1 N–H and O–H groups in total. The Labute approximate surface area is 181 Å². The Balaban J connectivity index is 1.54. The number of carbonyl (C=O) groups excluding carboxylic acids is 1. The van der Waals surface area contributed by atoms with E-state index in [9.17, 15) is 4.79 Å². The molecule has 1 aromatic heterocycles. The first-order valence-electron chi connectivity index (χ1n) is 11.0. The number of para-hydroxylation sites is 2. The number of benzene rings is 3. The van der Waals surface area contributed by atoms with Gasteiger partial charge in [0.15, 0.2) is 0 Å². The Morgan fingerprint density at radius 3 is 2.23 bits per heavy atom. The van der Waals surface area contributed by atoms with Gasteiger partial charge in [0.25, 0.3) is 0 Å². The molecule has 1 fully saturated rings. The number of hydrogen-bond acceptors (Lipinski definition) is 3. The molecule has 2 aliphatic carbocycles. The van der Waals surface area contributed by atoms with Gasteiger partial charge in [0.2, 0.25) is 5.91 Å². The molecule has 4 nitrogen and oxygen atoms in total. The molecule has 0 aliphatic heterocycles. The number of rotatable bonds is 2. The quantitative estimate of drug-likeness (QED) is 0.460. The third-order valence-electron chi connectivity index (χ3n) is 8.37. The Morgan fingerprint density at radius 2 is 1.45 bits per heavy atom. The zero-order valence-electron chi connectivity index (χ0n) is 18.1. The second-order valence-electron chi connectivity index (χ2n) is 9.75. The van der Waals surface area contributed by atoms with E-state index >= 15 is 0 Å². The molecule has 0 spiro atoms. The Kier molecular flexibility index (Phi) is 3.52. The zero-order valence-corrected chi connectivity index (χ0v) is 18.1. The Hall–Kier alpha value is -3.27. The molecule has 1 heterocycles. The van der Waals surface area contributed by atoms with Crippen molar-refractivity contribution in [2.24, 2.45) is 5.41 Å². The molecule has 3 aromatic carbocycles. The molecule has 0 radical (unpaired) electrons. The minimum Gasteiger partial charge on any atom is -0.325 e. The SMILES string of the molecule is CC1(C)[C@]2(C)CC[C@@]1(C(=O)Nc1cccc3ccccc13)c1nc3ccccc3nc12.